The lowest BCUT2D eigenvalue weighted by Crippen LogP contribution is -2.07. The molecule has 5 nitrogen and oxygen atoms in total. The van der Waals surface area contributed by atoms with E-state index in [0.717, 1.165) is 12.3 Å². The molecule has 78 valence electrons. The fourth-order valence-corrected chi connectivity index (χ4v) is 1.19. The Morgan fingerprint density at radius 1 is 1.43 bits per heavy atom. The zero-order valence-corrected chi connectivity index (χ0v) is 8.34. The van der Waals surface area contributed by atoms with Crippen LogP contribution in [0, 0.1) is 5.95 Å². The number of hydrogen-bond donors (Lipinski definition) is 0. The second kappa shape index (κ2) is 3.79. The van der Waals surface area contributed by atoms with Crippen LogP contribution in [-0.2, 0) is 10.1 Å². The second-order valence-electron chi connectivity index (χ2n) is 2.43. The van der Waals surface area contributed by atoms with E-state index in [9.17, 15) is 12.8 Å². The van der Waals surface area contributed by atoms with Crippen molar-refractivity contribution in [2.24, 2.45) is 0 Å². The van der Waals surface area contributed by atoms with Crippen LogP contribution in [0.1, 0.15) is 0 Å². The van der Waals surface area contributed by atoms with Gasteiger partial charge >= 0.3 is 10.1 Å². The molecule has 1 heterocycles. The fraction of sp³-hybridized carbons (Fsp3) is 0.286. The summed E-state index contributed by atoms with van der Waals surface area (Å²) in [6, 6.07) is 2.42. The Morgan fingerprint density at radius 2 is 2.07 bits per heavy atom. The van der Waals surface area contributed by atoms with E-state index >= 15 is 0 Å². The van der Waals surface area contributed by atoms with Crippen molar-refractivity contribution in [1.29, 1.82) is 0 Å². The highest BCUT2D eigenvalue weighted by Gasteiger charge is 2.11. The molecule has 0 atom stereocenters. The smallest absolute Gasteiger partial charge is 0.306 e. The molecule has 0 N–H and O–H groups in total. The summed E-state index contributed by atoms with van der Waals surface area (Å²) < 4.78 is 43.2. The predicted molar refractivity (Wildman–Crippen MR) is 46.2 cm³/mol. The number of rotatable bonds is 3. The summed E-state index contributed by atoms with van der Waals surface area (Å²) in [5.41, 5.74) is 0. The Hall–Kier alpha value is -1.37. The van der Waals surface area contributed by atoms with Crippen molar-refractivity contribution in [2.45, 2.75) is 0 Å². The van der Waals surface area contributed by atoms with Crippen LogP contribution in [0.5, 0.6) is 11.6 Å². The molecule has 0 unspecified atom stereocenters. The van der Waals surface area contributed by atoms with E-state index in [1.807, 2.05) is 0 Å². The van der Waals surface area contributed by atoms with Crippen molar-refractivity contribution in [2.75, 3.05) is 13.4 Å². The standard InChI is InChI=1S/C7H8FNO4S/c1-12-6-4-3-5(7(8)9-6)13-14(2,10)11/h3-4H,1-2H3. The molecular formula is C7H8FNO4S. The van der Waals surface area contributed by atoms with E-state index < -0.39 is 21.8 Å². The van der Waals surface area contributed by atoms with Crippen molar-refractivity contribution in [1.82, 2.24) is 4.98 Å². The summed E-state index contributed by atoms with van der Waals surface area (Å²) in [4.78, 5) is 3.30. The van der Waals surface area contributed by atoms with Gasteiger partial charge in [-0.05, 0) is 6.07 Å². The average molecular weight is 221 g/mol. The summed E-state index contributed by atoms with van der Waals surface area (Å²) >= 11 is 0. The van der Waals surface area contributed by atoms with Gasteiger partial charge in [0.2, 0.25) is 5.88 Å². The maximum atomic E-state index is 13.0. The first-order valence-electron chi connectivity index (χ1n) is 3.52. The van der Waals surface area contributed by atoms with Gasteiger partial charge in [0, 0.05) is 6.07 Å². The van der Waals surface area contributed by atoms with Crippen molar-refractivity contribution in [3.63, 3.8) is 0 Å². The van der Waals surface area contributed by atoms with Crippen molar-refractivity contribution in [3.8, 4) is 11.6 Å². The van der Waals surface area contributed by atoms with Crippen LogP contribution in [0.4, 0.5) is 4.39 Å². The zero-order chi connectivity index (χ0) is 10.8. The molecule has 0 spiro atoms. The van der Waals surface area contributed by atoms with Crippen LogP contribution >= 0.6 is 0 Å². The maximum Gasteiger partial charge on any atom is 0.306 e. The van der Waals surface area contributed by atoms with E-state index in [2.05, 4.69) is 13.9 Å². The molecule has 0 aliphatic carbocycles. The molecule has 0 saturated carbocycles. The predicted octanol–water partition coefficient (Wildman–Crippen LogP) is 0.568. The SMILES string of the molecule is COc1ccc(OS(C)(=O)=O)c(F)n1. The number of hydrogen-bond acceptors (Lipinski definition) is 5. The van der Waals surface area contributed by atoms with Crippen molar-refractivity contribution >= 4 is 10.1 Å². The molecule has 7 heteroatoms. The lowest BCUT2D eigenvalue weighted by atomic mass is 10.4. The third kappa shape index (κ3) is 2.84. The average Bonchev–Trinajstić information content (AvgIpc) is 2.06. The van der Waals surface area contributed by atoms with Crippen LogP contribution in [0.2, 0.25) is 0 Å². The van der Waals surface area contributed by atoms with Gasteiger partial charge in [-0.15, -0.1) is 0 Å². The molecular weight excluding hydrogens is 213 g/mol. The van der Waals surface area contributed by atoms with Crippen molar-refractivity contribution in [3.05, 3.63) is 18.1 Å². The molecule has 1 rings (SSSR count). The summed E-state index contributed by atoms with van der Waals surface area (Å²) in [6.45, 7) is 0. The zero-order valence-electron chi connectivity index (χ0n) is 7.52. The molecule has 0 radical (unpaired) electrons. The number of halogens is 1. The first kappa shape index (κ1) is 10.7. The van der Waals surface area contributed by atoms with Gasteiger partial charge in [0.25, 0.3) is 5.95 Å². The Kier molecular flexibility index (Phi) is 2.90. The lowest BCUT2D eigenvalue weighted by Gasteiger charge is -2.04. The number of methoxy groups -OCH3 is 1. The van der Waals surface area contributed by atoms with E-state index in [1.165, 1.54) is 13.2 Å². The Bertz CT molecular complexity index is 431. The van der Waals surface area contributed by atoms with E-state index in [4.69, 9.17) is 0 Å². The minimum Gasteiger partial charge on any atom is -0.481 e. The Balaban J connectivity index is 3.01. The van der Waals surface area contributed by atoms with Crippen LogP contribution in [0.15, 0.2) is 12.1 Å². The quantitative estimate of drug-likeness (QED) is 0.551. The number of nitrogens with zero attached hydrogens (tertiary/aromatic N) is 1. The Morgan fingerprint density at radius 3 is 2.50 bits per heavy atom. The van der Waals surface area contributed by atoms with Gasteiger partial charge in [-0.3, -0.25) is 0 Å². The molecule has 0 saturated heterocycles. The van der Waals surface area contributed by atoms with Gasteiger partial charge in [0.1, 0.15) is 0 Å². The van der Waals surface area contributed by atoms with E-state index in [-0.39, 0.29) is 5.88 Å². The highest BCUT2D eigenvalue weighted by atomic mass is 32.2. The Labute approximate surface area is 80.6 Å². The van der Waals surface area contributed by atoms with Gasteiger partial charge in [-0.2, -0.15) is 17.8 Å². The monoisotopic (exact) mass is 221 g/mol. The minimum absolute atomic E-state index is 0.0448. The van der Waals surface area contributed by atoms with Gasteiger partial charge in [-0.1, -0.05) is 0 Å². The number of ether oxygens (including phenoxy) is 1. The molecule has 0 aliphatic heterocycles. The number of aromatic nitrogens is 1. The van der Waals surface area contributed by atoms with Gasteiger partial charge < -0.3 is 8.92 Å². The fourth-order valence-electron chi connectivity index (χ4n) is 0.744. The molecule has 0 fully saturated rings. The van der Waals surface area contributed by atoms with Gasteiger partial charge in [0.05, 0.1) is 13.4 Å². The summed E-state index contributed by atoms with van der Waals surface area (Å²) in [5.74, 6) is -1.44. The summed E-state index contributed by atoms with van der Waals surface area (Å²) in [5, 5.41) is 0. The molecule has 0 aliphatic rings. The third-order valence-corrected chi connectivity index (χ3v) is 1.72. The van der Waals surface area contributed by atoms with Gasteiger partial charge in [0.15, 0.2) is 5.75 Å². The molecule has 1 aromatic rings. The molecule has 0 aromatic carbocycles. The third-order valence-electron chi connectivity index (χ3n) is 1.24. The van der Waals surface area contributed by atoms with Crippen LogP contribution in [0.3, 0.4) is 0 Å². The molecule has 0 bridgehead atoms. The maximum absolute atomic E-state index is 13.0. The molecule has 1 aromatic heterocycles. The highest BCUT2D eigenvalue weighted by Crippen LogP contribution is 2.19. The largest absolute Gasteiger partial charge is 0.481 e. The van der Waals surface area contributed by atoms with Gasteiger partial charge in [-0.25, -0.2) is 0 Å². The van der Waals surface area contributed by atoms with E-state index in [1.54, 1.807) is 0 Å². The second-order valence-corrected chi connectivity index (χ2v) is 4.00. The summed E-state index contributed by atoms with van der Waals surface area (Å²) in [7, 11) is -2.42. The molecule has 14 heavy (non-hydrogen) atoms. The normalized spacial score (nSPS) is 11.1. The molecule has 0 amide bonds. The minimum atomic E-state index is -3.74. The highest BCUT2D eigenvalue weighted by molar-refractivity contribution is 7.86. The lowest BCUT2D eigenvalue weighted by molar-refractivity contribution is 0.380. The summed E-state index contributed by atoms with van der Waals surface area (Å²) in [6.07, 6.45) is 0.816. The first-order chi connectivity index (χ1) is 6.42. The number of pyridine rings is 1. The van der Waals surface area contributed by atoms with Crippen molar-refractivity contribution < 1.29 is 21.7 Å². The first-order valence-corrected chi connectivity index (χ1v) is 5.34. The van der Waals surface area contributed by atoms with Crippen LogP contribution in [-0.4, -0.2) is 26.8 Å². The van der Waals surface area contributed by atoms with Crippen LogP contribution in [0.25, 0.3) is 0 Å². The van der Waals surface area contributed by atoms with E-state index in [0.29, 0.717) is 0 Å². The topological polar surface area (TPSA) is 65.5 Å². The van der Waals surface area contributed by atoms with Crippen LogP contribution < -0.4 is 8.92 Å².